The van der Waals surface area contributed by atoms with Gasteiger partial charge in [-0.2, -0.15) is 5.10 Å². The first-order chi connectivity index (χ1) is 8.70. The maximum Gasteiger partial charge on any atom is 0.182 e. The SMILES string of the molecule is CCCCCCC(=O)c1c(Cl)cnn1CCOC. The van der Waals surface area contributed by atoms with Crippen molar-refractivity contribution in [2.24, 2.45) is 0 Å². The summed E-state index contributed by atoms with van der Waals surface area (Å²) in [4.78, 5) is 12.1. The first-order valence-corrected chi connectivity index (χ1v) is 6.82. The molecule has 0 fully saturated rings. The lowest BCUT2D eigenvalue weighted by Gasteiger charge is -2.06. The van der Waals surface area contributed by atoms with E-state index in [1.54, 1.807) is 11.8 Å². The minimum Gasteiger partial charge on any atom is -0.383 e. The number of nitrogens with zero attached hydrogens (tertiary/aromatic N) is 2. The van der Waals surface area contributed by atoms with Crippen molar-refractivity contribution in [3.05, 3.63) is 16.9 Å². The summed E-state index contributed by atoms with van der Waals surface area (Å²) in [6.07, 6.45) is 6.41. The van der Waals surface area contributed by atoms with Crippen LogP contribution < -0.4 is 0 Å². The van der Waals surface area contributed by atoms with Gasteiger partial charge in [0.1, 0.15) is 5.69 Å². The smallest absolute Gasteiger partial charge is 0.182 e. The monoisotopic (exact) mass is 272 g/mol. The molecule has 18 heavy (non-hydrogen) atoms. The molecule has 0 aliphatic rings. The molecule has 0 radical (unpaired) electrons. The van der Waals surface area contributed by atoms with Gasteiger partial charge in [0.15, 0.2) is 5.78 Å². The zero-order valence-corrected chi connectivity index (χ0v) is 11.9. The molecule has 0 N–H and O–H groups in total. The van der Waals surface area contributed by atoms with Crippen LogP contribution in [-0.2, 0) is 11.3 Å². The zero-order valence-electron chi connectivity index (χ0n) is 11.1. The zero-order chi connectivity index (χ0) is 13.4. The Balaban J connectivity index is 2.57. The summed E-state index contributed by atoms with van der Waals surface area (Å²) in [6, 6.07) is 0. The van der Waals surface area contributed by atoms with E-state index >= 15 is 0 Å². The highest BCUT2D eigenvalue weighted by molar-refractivity contribution is 6.33. The molecule has 1 aromatic heterocycles. The van der Waals surface area contributed by atoms with Crippen LogP contribution in [0.5, 0.6) is 0 Å². The van der Waals surface area contributed by atoms with Crippen LogP contribution in [0, 0.1) is 0 Å². The molecule has 0 spiro atoms. The average molecular weight is 273 g/mol. The molecule has 4 nitrogen and oxygen atoms in total. The number of ketones is 1. The van der Waals surface area contributed by atoms with E-state index in [-0.39, 0.29) is 5.78 Å². The molecule has 102 valence electrons. The predicted octanol–water partition coefficient (Wildman–Crippen LogP) is 3.34. The Hall–Kier alpha value is -0.870. The first-order valence-electron chi connectivity index (χ1n) is 6.44. The van der Waals surface area contributed by atoms with Crippen molar-refractivity contribution in [3.63, 3.8) is 0 Å². The van der Waals surface area contributed by atoms with Gasteiger partial charge < -0.3 is 4.74 Å². The number of Topliss-reactive ketones (excluding diaryl/α,β-unsaturated/α-hetero) is 1. The molecule has 0 saturated carbocycles. The normalized spacial score (nSPS) is 10.8. The van der Waals surface area contributed by atoms with Gasteiger partial charge in [-0.05, 0) is 6.42 Å². The third-order valence-electron chi connectivity index (χ3n) is 2.82. The summed E-state index contributed by atoms with van der Waals surface area (Å²) in [5, 5.41) is 4.54. The predicted molar refractivity (Wildman–Crippen MR) is 72.2 cm³/mol. The lowest BCUT2D eigenvalue weighted by Crippen LogP contribution is -2.14. The van der Waals surface area contributed by atoms with Crippen LogP contribution in [0.4, 0.5) is 0 Å². The van der Waals surface area contributed by atoms with Crippen LogP contribution in [0.15, 0.2) is 6.20 Å². The second-order valence-corrected chi connectivity index (χ2v) is 4.70. The van der Waals surface area contributed by atoms with E-state index in [9.17, 15) is 4.79 Å². The summed E-state index contributed by atoms with van der Waals surface area (Å²) in [6.45, 7) is 3.23. The van der Waals surface area contributed by atoms with Crippen LogP contribution in [-0.4, -0.2) is 29.3 Å². The minimum absolute atomic E-state index is 0.0738. The third kappa shape index (κ3) is 4.42. The molecular weight excluding hydrogens is 252 g/mol. The standard InChI is InChI=1S/C13H21ClN2O2/c1-3-4-5-6-7-12(17)13-11(14)10-15-16(13)8-9-18-2/h10H,3-9H2,1-2H3. The number of rotatable bonds is 9. The van der Waals surface area contributed by atoms with Crippen LogP contribution in [0.1, 0.15) is 49.5 Å². The van der Waals surface area contributed by atoms with Gasteiger partial charge in [0.2, 0.25) is 0 Å². The van der Waals surface area contributed by atoms with E-state index in [4.69, 9.17) is 16.3 Å². The van der Waals surface area contributed by atoms with Crippen LogP contribution in [0.2, 0.25) is 5.02 Å². The average Bonchev–Trinajstić information content (AvgIpc) is 2.73. The number of aromatic nitrogens is 2. The largest absolute Gasteiger partial charge is 0.383 e. The topological polar surface area (TPSA) is 44.1 Å². The number of carbonyl (C=O) groups excluding carboxylic acids is 1. The molecule has 1 heterocycles. The van der Waals surface area contributed by atoms with Gasteiger partial charge in [0.25, 0.3) is 0 Å². The number of ether oxygens (including phenoxy) is 1. The number of hydrogen-bond donors (Lipinski definition) is 0. The van der Waals surface area contributed by atoms with Crippen molar-refractivity contribution in [1.29, 1.82) is 0 Å². The van der Waals surface area contributed by atoms with Crippen molar-refractivity contribution < 1.29 is 9.53 Å². The van der Waals surface area contributed by atoms with Crippen LogP contribution in [0.3, 0.4) is 0 Å². The number of methoxy groups -OCH3 is 1. The molecule has 1 aromatic rings. The van der Waals surface area contributed by atoms with Crippen molar-refractivity contribution >= 4 is 17.4 Å². The van der Waals surface area contributed by atoms with Gasteiger partial charge in [-0.3, -0.25) is 9.48 Å². The van der Waals surface area contributed by atoms with Gasteiger partial charge in [-0.1, -0.05) is 37.8 Å². The second-order valence-electron chi connectivity index (χ2n) is 4.29. The molecule has 1 rings (SSSR count). The highest BCUT2D eigenvalue weighted by atomic mass is 35.5. The Morgan fingerprint density at radius 3 is 2.89 bits per heavy atom. The van der Waals surface area contributed by atoms with Gasteiger partial charge in [0.05, 0.1) is 24.4 Å². The van der Waals surface area contributed by atoms with Crippen LogP contribution >= 0.6 is 11.6 Å². The lowest BCUT2D eigenvalue weighted by molar-refractivity contribution is 0.0965. The fraction of sp³-hybridized carbons (Fsp3) is 0.692. The summed E-state index contributed by atoms with van der Waals surface area (Å²) in [5.74, 6) is 0.0738. The van der Waals surface area contributed by atoms with E-state index in [1.807, 2.05) is 0 Å². The number of hydrogen-bond acceptors (Lipinski definition) is 3. The third-order valence-corrected chi connectivity index (χ3v) is 3.10. The lowest BCUT2D eigenvalue weighted by atomic mass is 10.1. The Bertz CT molecular complexity index is 377. The molecule has 0 bridgehead atoms. The van der Waals surface area contributed by atoms with E-state index < -0.39 is 0 Å². The summed E-state index contributed by atoms with van der Waals surface area (Å²) in [7, 11) is 1.62. The number of halogens is 1. The van der Waals surface area contributed by atoms with E-state index in [0.717, 1.165) is 12.8 Å². The maximum absolute atomic E-state index is 12.1. The fourth-order valence-electron chi connectivity index (χ4n) is 1.82. The Kier molecular flexibility index (Phi) is 6.98. The highest BCUT2D eigenvalue weighted by Crippen LogP contribution is 2.18. The van der Waals surface area contributed by atoms with Crippen molar-refractivity contribution in [1.82, 2.24) is 9.78 Å². The number of unbranched alkanes of at least 4 members (excludes halogenated alkanes) is 3. The van der Waals surface area contributed by atoms with E-state index in [1.165, 1.54) is 19.0 Å². The maximum atomic E-state index is 12.1. The van der Waals surface area contributed by atoms with Gasteiger partial charge in [-0.15, -0.1) is 0 Å². The van der Waals surface area contributed by atoms with Crippen LogP contribution in [0.25, 0.3) is 0 Å². The van der Waals surface area contributed by atoms with Crippen molar-refractivity contribution in [2.75, 3.05) is 13.7 Å². The summed E-state index contributed by atoms with van der Waals surface area (Å²) in [5.41, 5.74) is 0.519. The fourth-order valence-corrected chi connectivity index (χ4v) is 2.06. The highest BCUT2D eigenvalue weighted by Gasteiger charge is 2.16. The first kappa shape index (κ1) is 15.2. The van der Waals surface area contributed by atoms with E-state index in [0.29, 0.717) is 30.3 Å². The van der Waals surface area contributed by atoms with Crippen molar-refractivity contribution in [3.8, 4) is 0 Å². The number of carbonyl (C=O) groups is 1. The van der Waals surface area contributed by atoms with E-state index in [2.05, 4.69) is 12.0 Å². The molecule has 0 amide bonds. The molecule has 0 saturated heterocycles. The Morgan fingerprint density at radius 1 is 1.44 bits per heavy atom. The molecule has 5 heteroatoms. The van der Waals surface area contributed by atoms with Crippen molar-refractivity contribution in [2.45, 2.75) is 45.6 Å². The second kappa shape index (κ2) is 8.27. The summed E-state index contributed by atoms with van der Waals surface area (Å²) >= 11 is 6.01. The van der Waals surface area contributed by atoms with Gasteiger partial charge in [-0.25, -0.2) is 0 Å². The molecule has 0 unspecified atom stereocenters. The minimum atomic E-state index is 0.0738. The molecule has 0 atom stereocenters. The Morgan fingerprint density at radius 2 is 2.22 bits per heavy atom. The molecular formula is C13H21ClN2O2. The Labute approximate surface area is 113 Å². The molecule has 0 aromatic carbocycles. The summed E-state index contributed by atoms with van der Waals surface area (Å²) < 4.78 is 6.62. The molecule has 0 aliphatic carbocycles. The van der Waals surface area contributed by atoms with Gasteiger partial charge in [0, 0.05) is 13.5 Å². The molecule has 0 aliphatic heterocycles. The van der Waals surface area contributed by atoms with Gasteiger partial charge >= 0.3 is 0 Å². The quantitative estimate of drug-likeness (QED) is 0.512.